The van der Waals surface area contributed by atoms with Gasteiger partial charge in [0.15, 0.2) is 0 Å². The molecular weight excluding hydrogens is 400 g/mol. The first-order chi connectivity index (χ1) is 14.8. The van der Waals surface area contributed by atoms with Crippen molar-refractivity contribution < 1.29 is 29.0 Å². The summed E-state index contributed by atoms with van der Waals surface area (Å²) in [4.78, 5) is 43.6. The fraction of sp³-hybridized carbons (Fsp3) is 0.783. The number of likely N-dealkylation sites (tertiary alicyclic amines) is 1. The highest BCUT2D eigenvalue weighted by atomic mass is 16.6. The van der Waals surface area contributed by atoms with Gasteiger partial charge >= 0.3 is 5.97 Å². The largest absolute Gasteiger partial charge is 0.466 e. The Morgan fingerprint density at radius 3 is 2.71 bits per heavy atom. The molecule has 174 valence electrons. The summed E-state index contributed by atoms with van der Waals surface area (Å²) in [6.45, 7) is 10.8. The highest BCUT2D eigenvalue weighted by Gasteiger charge is 2.78. The van der Waals surface area contributed by atoms with E-state index in [0.29, 0.717) is 32.4 Å². The van der Waals surface area contributed by atoms with E-state index in [1.165, 1.54) is 0 Å². The lowest BCUT2D eigenvalue weighted by atomic mass is 9.66. The summed E-state index contributed by atoms with van der Waals surface area (Å²) in [6, 6.07) is -0.811. The molecule has 3 heterocycles. The van der Waals surface area contributed by atoms with Gasteiger partial charge < -0.3 is 24.4 Å². The Labute approximate surface area is 184 Å². The molecule has 8 heteroatoms. The van der Waals surface area contributed by atoms with Crippen LogP contribution in [0.2, 0.25) is 0 Å². The van der Waals surface area contributed by atoms with Crippen molar-refractivity contribution in [3.8, 4) is 0 Å². The van der Waals surface area contributed by atoms with Gasteiger partial charge in [0.2, 0.25) is 11.8 Å². The van der Waals surface area contributed by atoms with Crippen LogP contribution in [0.1, 0.15) is 52.9 Å². The molecule has 1 spiro atoms. The fourth-order valence-corrected chi connectivity index (χ4v) is 5.75. The number of nitrogens with zero attached hydrogens (tertiary/aromatic N) is 2. The van der Waals surface area contributed by atoms with E-state index in [0.717, 1.165) is 12.8 Å². The maximum Gasteiger partial charge on any atom is 0.312 e. The minimum absolute atomic E-state index is 0.0888. The maximum absolute atomic E-state index is 13.8. The number of amides is 2. The molecule has 31 heavy (non-hydrogen) atoms. The van der Waals surface area contributed by atoms with Gasteiger partial charge in [-0.3, -0.25) is 14.4 Å². The van der Waals surface area contributed by atoms with E-state index in [-0.39, 0.29) is 31.6 Å². The van der Waals surface area contributed by atoms with Crippen LogP contribution < -0.4 is 0 Å². The molecule has 3 aliphatic rings. The lowest BCUT2D eigenvalue weighted by Crippen LogP contribution is -2.56. The molecule has 2 bridgehead atoms. The Bertz CT molecular complexity index is 727. The average Bonchev–Trinajstić information content (AvgIpc) is 3.30. The Balaban J connectivity index is 2.02. The number of carbonyl (C=O) groups is 3. The number of rotatable bonds is 11. The molecule has 1 N–H and O–H groups in total. The van der Waals surface area contributed by atoms with Crippen LogP contribution in [0.4, 0.5) is 0 Å². The monoisotopic (exact) mass is 436 g/mol. The number of aliphatic hydroxyl groups excluding tert-OH is 1. The number of fused-ring (bicyclic) bond motifs is 1. The van der Waals surface area contributed by atoms with E-state index in [1.54, 1.807) is 22.8 Å². The van der Waals surface area contributed by atoms with Crippen LogP contribution in [-0.2, 0) is 23.9 Å². The Morgan fingerprint density at radius 1 is 1.35 bits per heavy atom. The van der Waals surface area contributed by atoms with E-state index >= 15 is 0 Å². The molecule has 2 amide bonds. The first-order valence-electron chi connectivity index (χ1n) is 11.5. The van der Waals surface area contributed by atoms with Crippen molar-refractivity contribution in [1.82, 2.24) is 9.80 Å². The third-order valence-electron chi connectivity index (χ3n) is 7.05. The van der Waals surface area contributed by atoms with E-state index < -0.39 is 35.0 Å². The summed E-state index contributed by atoms with van der Waals surface area (Å²) in [5.41, 5.74) is -1.86. The maximum atomic E-state index is 13.8. The van der Waals surface area contributed by atoms with E-state index in [2.05, 4.69) is 13.5 Å². The molecule has 3 fully saturated rings. The summed E-state index contributed by atoms with van der Waals surface area (Å²) in [6.07, 6.45) is 4.96. The first-order valence-corrected chi connectivity index (χ1v) is 11.5. The van der Waals surface area contributed by atoms with Gasteiger partial charge in [0.05, 0.1) is 18.1 Å². The first kappa shape index (κ1) is 23.7. The molecule has 5 atom stereocenters. The van der Waals surface area contributed by atoms with Crippen LogP contribution in [0.5, 0.6) is 0 Å². The number of esters is 1. The van der Waals surface area contributed by atoms with E-state index in [4.69, 9.17) is 9.47 Å². The molecule has 3 saturated heterocycles. The van der Waals surface area contributed by atoms with Gasteiger partial charge in [0.25, 0.3) is 0 Å². The summed E-state index contributed by atoms with van der Waals surface area (Å²) in [7, 11) is 0. The van der Waals surface area contributed by atoms with E-state index in [9.17, 15) is 19.5 Å². The predicted molar refractivity (Wildman–Crippen MR) is 114 cm³/mol. The number of hydrogen-bond donors (Lipinski definition) is 1. The van der Waals surface area contributed by atoms with Gasteiger partial charge in [0.1, 0.15) is 17.6 Å². The van der Waals surface area contributed by atoms with Gasteiger partial charge in [-0.2, -0.15) is 0 Å². The molecule has 0 aromatic rings. The van der Waals surface area contributed by atoms with Crippen molar-refractivity contribution >= 4 is 17.8 Å². The number of aliphatic hydroxyl groups is 1. The van der Waals surface area contributed by atoms with Gasteiger partial charge in [-0.05, 0) is 39.5 Å². The molecule has 0 aromatic heterocycles. The third kappa shape index (κ3) is 3.78. The molecule has 2 unspecified atom stereocenters. The second-order valence-corrected chi connectivity index (χ2v) is 9.01. The van der Waals surface area contributed by atoms with Gasteiger partial charge in [-0.25, -0.2) is 0 Å². The molecule has 3 aliphatic heterocycles. The van der Waals surface area contributed by atoms with Crippen molar-refractivity contribution in [3.05, 3.63) is 12.7 Å². The molecule has 8 nitrogen and oxygen atoms in total. The molecule has 0 aromatic carbocycles. The Morgan fingerprint density at radius 2 is 2.10 bits per heavy atom. The number of unbranched alkanes of at least 4 members (excludes halogenated alkanes) is 1. The van der Waals surface area contributed by atoms with E-state index in [1.807, 2.05) is 6.92 Å². The quantitative estimate of drug-likeness (QED) is 0.390. The average molecular weight is 437 g/mol. The Kier molecular flexibility index (Phi) is 7.11. The summed E-state index contributed by atoms with van der Waals surface area (Å²) in [5.74, 6) is -2.33. The second kappa shape index (κ2) is 9.28. The Hall–Kier alpha value is -1.93. The SMILES string of the molecule is C=CCN(CCCC)C(=O)C1N(CCCO)C(=O)[C@@H]2[C@H](C(=O)OCC)[C@]3(C)CCC12O3. The minimum atomic E-state index is -1.04. The van der Waals surface area contributed by atoms with Crippen LogP contribution in [0.15, 0.2) is 12.7 Å². The molecule has 0 saturated carbocycles. The summed E-state index contributed by atoms with van der Waals surface area (Å²) < 4.78 is 11.8. The van der Waals surface area contributed by atoms with Crippen LogP contribution in [-0.4, -0.2) is 82.8 Å². The van der Waals surface area contributed by atoms with Crippen LogP contribution in [0.3, 0.4) is 0 Å². The third-order valence-corrected chi connectivity index (χ3v) is 7.05. The van der Waals surface area contributed by atoms with Gasteiger partial charge in [0, 0.05) is 26.2 Å². The van der Waals surface area contributed by atoms with Crippen LogP contribution in [0.25, 0.3) is 0 Å². The van der Waals surface area contributed by atoms with Crippen LogP contribution >= 0.6 is 0 Å². The lowest BCUT2D eigenvalue weighted by molar-refractivity contribution is -0.160. The number of ether oxygens (including phenoxy) is 2. The molecular formula is C23H36N2O6. The van der Waals surface area contributed by atoms with Crippen molar-refractivity contribution in [1.29, 1.82) is 0 Å². The zero-order valence-corrected chi connectivity index (χ0v) is 19.0. The van der Waals surface area contributed by atoms with Crippen molar-refractivity contribution in [2.75, 3.05) is 32.8 Å². The number of carbonyl (C=O) groups excluding carboxylic acids is 3. The van der Waals surface area contributed by atoms with Gasteiger partial charge in [-0.15, -0.1) is 6.58 Å². The zero-order valence-electron chi connectivity index (χ0n) is 19.0. The van der Waals surface area contributed by atoms with Crippen LogP contribution in [0, 0.1) is 11.8 Å². The zero-order chi connectivity index (χ0) is 22.8. The highest BCUT2D eigenvalue weighted by molar-refractivity contribution is 5.98. The standard InChI is InChI=1S/C23H36N2O6/c1-5-8-13-24(12-6-2)20(28)18-23-11-10-22(4,31-23)17(21(29)30-7-3)16(23)19(27)25(18)14-9-15-26/h6,16-18,26H,2,5,7-15H2,1,3-4H3/t16-,17+,18?,22-,23?/m0/s1. The van der Waals surface area contributed by atoms with Gasteiger partial charge in [-0.1, -0.05) is 19.4 Å². The van der Waals surface area contributed by atoms with Crippen molar-refractivity contribution in [2.24, 2.45) is 11.8 Å². The normalized spacial score (nSPS) is 33.5. The highest BCUT2D eigenvalue weighted by Crippen LogP contribution is 2.63. The van der Waals surface area contributed by atoms with Crippen molar-refractivity contribution in [3.63, 3.8) is 0 Å². The molecule has 0 aliphatic carbocycles. The number of hydrogen-bond acceptors (Lipinski definition) is 6. The molecule has 0 radical (unpaired) electrons. The van der Waals surface area contributed by atoms with Crippen molar-refractivity contribution in [2.45, 2.75) is 70.1 Å². The predicted octanol–water partition coefficient (Wildman–Crippen LogP) is 1.51. The second-order valence-electron chi connectivity index (χ2n) is 9.01. The fourth-order valence-electron chi connectivity index (χ4n) is 5.75. The molecule has 3 rings (SSSR count). The summed E-state index contributed by atoms with van der Waals surface area (Å²) >= 11 is 0. The topological polar surface area (TPSA) is 96.4 Å². The lowest BCUT2D eigenvalue weighted by Gasteiger charge is -2.36. The summed E-state index contributed by atoms with van der Waals surface area (Å²) in [5, 5.41) is 9.38. The minimum Gasteiger partial charge on any atom is -0.466 e. The smallest absolute Gasteiger partial charge is 0.312 e.